The molecule has 0 N–H and O–H groups in total. The number of hydrogen-bond donors (Lipinski definition) is 0. The van der Waals surface area contributed by atoms with Crippen LogP contribution in [0.3, 0.4) is 0 Å². The van der Waals surface area contributed by atoms with Crippen molar-refractivity contribution in [2.45, 2.75) is 12.7 Å². The van der Waals surface area contributed by atoms with Gasteiger partial charge in [0.2, 0.25) is 0 Å². The van der Waals surface area contributed by atoms with E-state index in [1.165, 1.54) is 18.2 Å². The summed E-state index contributed by atoms with van der Waals surface area (Å²) in [5.41, 5.74) is 1.45. The first kappa shape index (κ1) is 19.2. The minimum atomic E-state index is -4.41. The third-order valence-electron chi connectivity index (χ3n) is 4.27. The van der Waals surface area contributed by atoms with Crippen molar-refractivity contribution < 1.29 is 22.7 Å². The molecule has 0 atom stereocenters. The Morgan fingerprint density at radius 1 is 1.11 bits per heavy atom. The van der Waals surface area contributed by atoms with Crippen molar-refractivity contribution in [3.05, 3.63) is 59.9 Å². The zero-order valence-electron chi connectivity index (χ0n) is 14.7. The zero-order valence-corrected chi connectivity index (χ0v) is 14.7. The van der Waals surface area contributed by atoms with Crippen molar-refractivity contribution in [3.63, 3.8) is 0 Å². The average molecular weight is 379 g/mol. The number of carbonyl (C=O) groups excluding carboxylic acids is 1. The summed E-state index contributed by atoms with van der Waals surface area (Å²) in [5.74, 6) is -0.165. The largest absolute Gasteiger partial charge is 0.484 e. The predicted octanol–water partition coefficient (Wildman–Crippen LogP) is 2.98. The summed E-state index contributed by atoms with van der Waals surface area (Å²) in [5, 5.41) is 0. The molecule has 0 radical (unpaired) electrons. The number of alkyl halides is 3. The minimum absolute atomic E-state index is 0.0355. The SMILES string of the molecule is O=C(c1cccc(OCC(F)(F)F)c1)N1CCN(Cc2cccnc2)CC1. The second kappa shape index (κ2) is 8.39. The van der Waals surface area contributed by atoms with Gasteiger partial charge in [-0.2, -0.15) is 13.2 Å². The molecule has 0 bridgehead atoms. The first-order valence-electron chi connectivity index (χ1n) is 8.61. The number of pyridine rings is 1. The molecule has 0 unspecified atom stereocenters. The summed E-state index contributed by atoms with van der Waals surface area (Å²) in [7, 11) is 0. The Morgan fingerprint density at radius 2 is 1.89 bits per heavy atom. The van der Waals surface area contributed by atoms with Gasteiger partial charge in [-0.3, -0.25) is 14.7 Å². The van der Waals surface area contributed by atoms with Gasteiger partial charge < -0.3 is 9.64 Å². The fraction of sp³-hybridized carbons (Fsp3) is 0.368. The first-order chi connectivity index (χ1) is 12.9. The van der Waals surface area contributed by atoms with E-state index in [9.17, 15) is 18.0 Å². The highest BCUT2D eigenvalue weighted by molar-refractivity contribution is 5.94. The van der Waals surface area contributed by atoms with E-state index in [2.05, 4.69) is 9.88 Å². The molecule has 2 aromatic rings. The Morgan fingerprint density at radius 3 is 2.56 bits per heavy atom. The van der Waals surface area contributed by atoms with E-state index < -0.39 is 12.8 Å². The second-order valence-corrected chi connectivity index (χ2v) is 6.36. The van der Waals surface area contributed by atoms with Crippen LogP contribution in [0.4, 0.5) is 13.2 Å². The average Bonchev–Trinajstić information content (AvgIpc) is 2.67. The highest BCUT2D eigenvalue weighted by atomic mass is 19.4. The monoisotopic (exact) mass is 379 g/mol. The number of hydrogen-bond acceptors (Lipinski definition) is 4. The first-order valence-corrected chi connectivity index (χ1v) is 8.61. The number of rotatable bonds is 5. The van der Waals surface area contributed by atoms with Gasteiger partial charge in [-0.25, -0.2) is 0 Å². The number of aromatic nitrogens is 1. The van der Waals surface area contributed by atoms with Gasteiger partial charge in [0.25, 0.3) is 5.91 Å². The van der Waals surface area contributed by atoms with E-state index in [0.717, 1.165) is 25.2 Å². The molecule has 1 aromatic heterocycles. The predicted molar refractivity (Wildman–Crippen MR) is 93.4 cm³/mol. The fourth-order valence-electron chi connectivity index (χ4n) is 2.93. The Kier molecular flexibility index (Phi) is 5.95. The van der Waals surface area contributed by atoms with E-state index in [-0.39, 0.29) is 11.7 Å². The number of benzene rings is 1. The van der Waals surface area contributed by atoms with Crippen LogP contribution in [0.25, 0.3) is 0 Å². The molecule has 8 heteroatoms. The van der Waals surface area contributed by atoms with Crippen molar-refractivity contribution >= 4 is 5.91 Å². The molecule has 27 heavy (non-hydrogen) atoms. The van der Waals surface area contributed by atoms with Crippen LogP contribution in [0.5, 0.6) is 5.75 Å². The molecule has 5 nitrogen and oxygen atoms in total. The molecule has 2 heterocycles. The number of amides is 1. The molecule has 1 aromatic carbocycles. The lowest BCUT2D eigenvalue weighted by atomic mass is 10.1. The summed E-state index contributed by atoms with van der Waals surface area (Å²) in [6, 6.07) is 9.78. The van der Waals surface area contributed by atoms with E-state index in [1.54, 1.807) is 17.2 Å². The third kappa shape index (κ3) is 5.68. The summed E-state index contributed by atoms with van der Waals surface area (Å²) in [4.78, 5) is 20.7. The quantitative estimate of drug-likeness (QED) is 0.801. The van der Waals surface area contributed by atoms with Crippen LogP contribution in [0.1, 0.15) is 15.9 Å². The van der Waals surface area contributed by atoms with Crippen LogP contribution in [0, 0.1) is 0 Å². The summed E-state index contributed by atoms with van der Waals surface area (Å²) >= 11 is 0. The molecule has 1 fully saturated rings. The smallest absolute Gasteiger partial charge is 0.422 e. The number of carbonyl (C=O) groups is 1. The number of halogens is 3. The summed E-state index contributed by atoms with van der Waals surface area (Å²) < 4.78 is 41.5. The molecule has 3 rings (SSSR count). The lowest BCUT2D eigenvalue weighted by molar-refractivity contribution is -0.153. The lowest BCUT2D eigenvalue weighted by Gasteiger charge is -2.34. The maximum Gasteiger partial charge on any atom is 0.422 e. The van der Waals surface area contributed by atoms with Gasteiger partial charge in [-0.1, -0.05) is 12.1 Å². The molecule has 0 saturated carbocycles. The van der Waals surface area contributed by atoms with E-state index in [0.29, 0.717) is 18.7 Å². The highest BCUT2D eigenvalue weighted by Crippen LogP contribution is 2.20. The lowest BCUT2D eigenvalue weighted by Crippen LogP contribution is -2.48. The normalized spacial score (nSPS) is 15.6. The Labute approximate surface area is 155 Å². The van der Waals surface area contributed by atoms with Gasteiger partial charge in [0.1, 0.15) is 5.75 Å². The highest BCUT2D eigenvalue weighted by Gasteiger charge is 2.28. The van der Waals surface area contributed by atoms with Crippen molar-refractivity contribution in [1.82, 2.24) is 14.8 Å². The van der Waals surface area contributed by atoms with Crippen LogP contribution in [-0.2, 0) is 6.54 Å². The van der Waals surface area contributed by atoms with Gasteiger partial charge in [0, 0.05) is 50.7 Å². The van der Waals surface area contributed by atoms with Gasteiger partial charge in [0.05, 0.1) is 0 Å². The maximum absolute atomic E-state index is 12.6. The molecular weight excluding hydrogens is 359 g/mol. The van der Waals surface area contributed by atoms with Crippen molar-refractivity contribution in [3.8, 4) is 5.75 Å². The van der Waals surface area contributed by atoms with Crippen LogP contribution >= 0.6 is 0 Å². The summed E-state index contributed by atoms with van der Waals surface area (Å²) in [6.07, 6.45) is -0.860. The van der Waals surface area contributed by atoms with Gasteiger partial charge in [-0.05, 0) is 29.8 Å². The fourth-order valence-corrected chi connectivity index (χ4v) is 2.93. The molecular formula is C19H20F3N3O2. The summed E-state index contributed by atoms with van der Waals surface area (Å²) in [6.45, 7) is 1.98. The van der Waals surface area contributed by atoms with Crippen molar-refractivity contribution in [2.75, 3.05) is 32.8 Å². The van der Waals surface area contributed by atoms with Crippen LogP contribution in [-0.4, -0.2) is 59.7 Å². The van der Waals surface area contributed by atoms with E-state index in [4.69, 9.17) is 4.74 Å². The van der Waals surface area contributed by atoms with Gasteiger partial charge in [0.15, 0.2) is 6.61 Å². The van der Waals surface area contributed by atoms with Crippen molar-refractivity contribution in [2.24, 2.45) is 0 Å². The van der Waals surface area contributed by atoms with Crippen LogP contribution in [0.2, 0.25) is 0 Å². The van der Waals surface area contributed by atoms with Gasteiger partial charge >= 0.3 is 6.18 Å². The molecule has 1 saturated heterocycles. The Bertz CT molecular complexity index is 760. The second-order valence-electron chi connectivity index (χ2n) is 6.36. The molecule has 1 aliphatic rings. The molecule has 0 aliphatic carbocycles. The van der Waals surface area contributed by atoms with E-state index in [1.807, 2.05) is 18.3 Å². The number of piperazine rings is 1. The van der Waals surface area contributed by atoms with Gasteiger partial charge in [-0.15, -0.1) is 0 Å². The molecule has 1 aliphatic heterocycles. The topological polar surface area (TPSA) is 45.7 Å². The van der Waals surface area contributed by atoms with Crippen molar-refractivity contribution in [1.29, 1.82) is 0 Å². The zero-order chi connectivity index (χ0) is 19.3. The van der Waals surface area contributed by atoms with Crippen LogP contribution < -0.4 is 4.74 Å². The number of nitrogens with zero attached hydrogens (tertiary/aromatic N) is 3. The Balaban J connectivity index is 1.54. The van der Waals surface area contributed by atoms with Crippen LogP contribution in [0.15, 0.2) is 48.8 Å². The molecule has 1 amide bonds. The number of ether oxygens (including phenoxy) is 1. The standard InChI is InChI=1S/C19H20F3N3O2/c20-19(21,22)14-27-17-5-1-4-16(11-17)18(26)25-9-7-24(8-10-25)13-15-3-2-6-23-12-15/h1-6,11-12H,7-10,13-14H2. The third-order valence-corrected chi connectivity index (χ3v) is 4.27. The Hall–Kier alpha value is -2.61. The maximum atomic E-state index is 12.6. The van der Waals surface area contributed by atoms with E-state index >= 15 is 0 Å². The molecule has 144 valence electrons. The minimum Gasteiger partial charge on any atom is -0.484 e. The molecule has 0 spiro atoms.